The maximum Gasteiger partial charge on any atom is 0.115 e. The lowest BCUT2D eigenvalue weighted by atomic mass is 10.0. The summed E-state index contributed by atoms with van der Waals surface area (Å²) in [5, 5.41) is 19.1. The molecule has 1 aromatic heterocycles. The van der Waals surface area contributed by atoms with Gasteiger partial charge in [0.25, 0.3) is 0 Å². The van der Waals surface area contributed by atoms with Crippen molar-refractivity contribution in [2.45, 2.75) is 12.5 Å². The highest BCUT2D eigenvalue weighted by molar-refractivity contribution is 5.27. The molecule has 1 unspecified atom stereocenters. The molecule has 16 heavy (non-hydrogen) atoms. The van der Waals surface area contributed by atoms with Gasteiger partial charge in [0.1, 0.15) is 5.75 Å². The zero-order valence-corrected chi connectivity index (χ0v) is 8.74. The van der Waals surface area contributed by atoms with Crippen LogP contribution in [0.15, 0.2) is 48.8 Å². The molecule has 0 amide bonds. The van der Waals surface area contributed by atoms with Gasteiger partial charge in [-0.25, -0.2) is 0 Å². The molecule has 0 radical (unpaired) electrons. The number of aliphatic hydroxyl groups is 1. The third kappa shape index (κ3) is 2.58. The first-order valence-electron chi connectivity index (χ1n) is 5.11. The van der Waals surface area contributed by atoms with Crippen molar-refractivity contribution in [3.05, 3.63) is 59.9 Å². The normalized spacial score (nSPS) is 12.3. The summed E-state index contributed by atoms with van der Waals surface area (Å²) in [6, 6.07) is 10.4. The molecule has 0 fully saturated rings. The molecule has 0 aliphatic heterocycles. The van der Waals surface area contributed by atoms with Gasteiger partial charge in [-0.15, -0.1) is 0 Å². The monoisotopic (exact) mass is 215 g/mol. The zero-order valence-electron chi connectivity index (χ0n) is 8.74. The fraction of sp³-hybridized carbons (Fsp3) is 0.154. The number of hydrogen-bond donors (Lipinski definition) is 2. The lowest BCUT2D eigenvalue weighted by molar-refractivity contribution is 0.178. The second-order valence-corrected chi connectivity index (χ2v) is 3.67. The van der Waals surface area contributed by atoms with E-state index in [-0.39, 0.29) is 5.75 Å². The standard InChI is InChI=1S/C13H13NO2/c15-12-3-1-10(2-4-12)9-13(16)11-5-7-14-8-6-11/h1-8,13,15-16H,9H2. The van der Waals surface area contributed by atoms with Crippen LogP contribution in [-0.2, 0) is 6.42 Å². The fourth-order valence-electron chi connectivity index (χ4n) is 1.56. The highest BCUT2D eigenvalue weighted by Gasteiger charge is 2.07. The third-order valence-corrected chi connectivity index (χ3v) is 2.46. The topological polar surface area (TPSA) is 53.4 Å². The summed E-state index contributed by atoms with van der Waals surface area (Å²) < 4.78 is 0. The van der Waals surface area contributed by atoms with Crippen molar-refractivity contribution in [3.63, 3.8) is 0 Å². The van der Waals surface area contributed by atoms with Gasteiger partial charge < -0.3 is 10.2 Å². The maximum absolute atomic E-state index is 9.95. The predicted molar refractivity (Wildman–Crippen MR) is 61.0 cm³/mol. The minimum atomic E-state index is -0.535. The van der Waals surface area contributed by atoms with E-state index in [9.17, 15) is 5.11 Å². The van der Waals surface area contributed by atoms with Gasteiger partial charge in [-0.2, -0.15) is 0 Å². The Hall–Kier alpha value is -1.87. The molecule has 1 atom stereocenters. The average molecular weight is 215 g/mol. The van der Waals surface area contributed by atoms with Gasteiger partial charge in [0, 0.05) is 18.8 Å². The van der Waals surface area contributed by atoms with E-state index in [2.05, 4.69) is 4.98 Å². The molecule has 0 bridgehead atoms. The van der Waals surface area contributed by atoms with Crippen molar-refractivity contribution in [2.75, 3.05) is 0 Å². The van der Waals surface area contributed by atoms with Gasteiger partial charge in [0.05, 0.1) is 6.10 Å². The zero-order chi connectivity index (χ0) is 11.4. The van der Waals surface area contributed by atoms with Gasteiger partial charge >= 0.3 is 0 Å². The third-order valence-electron chi connectivity index (χ3n) is 2.46. The number of phenolic OH excluding ortho intramolecular Hbond substituents is 1. The summed E-state index contributed by atoms with van der Waals surface area (Å²) in [6.45, 7) is 0. The summed E-state index contributed by atoms with van der Waals surface area (Å²) in [5.74, 6) is 0.238. The van der Waals surface area contributed by atoms with Crippen LogP contribution in [0.4, 0.5) is 0 Å². The first-order chi connectivity index (χ1) is 7.75. The van der Waals surface area contributed by atoms with E-state index in [0.717, 1.165) is 11.1 Å². The highest BCUT2D eigenvalue weighted by atomic mass is 16.3. The summed E-state index contributed by atoms with van der Waals surface area (Å²) in [4.78, 5) is 3.90. The average Bonchev–Trinajstić information content (AvgIpc) is 2.33. The van der Waals surface area contributed by atoms with Gasteiger partial charge in [-0.05, 0) is 35.4 Å². The first-order valence-corrected chi connectivity index (χ1v) is 5.11. The second kappa shape index (κ2) is 4.77. The summed E-state index contributed by atoms with van der Waals surface area (Å²) >= 11 is 0. The number of phenols is 1. The fourth-order valence-corrected chi connectivity index (χ4v) is 1.56. The van der Waals surface area contributed by atoms with Crippen molar-refractivity contribution in [1.29, 1.82) is 0 Å². The summed E-state index contributed by atoms with van der Waals surface area (Å²) in [7, 11) is 0. The van der Waals surface area contributed by atoms with Crippen LogP contribution in [0.25, 0.3) is 0 Å². The molecule has 2 rings (SSSR count). The van der Waals surface area contributed by atoms with Crippen LogP contribution in [0.2, 0.25) is 0 Å². The van der Waals surface area contributed by atoms with Gasteiger partial charge in [-0.1, -0.05) is 12.1 Å². The SMILES string of the molecule is Oc1ccc(CC(O)c2ccncc2)cc1. The largest absolute Gasteiger partial charge is 0.508 e. The number of aliphatic hydroxyl groups excluding tert-OH is 1. The van der Waals surface area contributed by atoms with E-state index in [0.29, 0.717) is 6.42 Å². The van der Waals surface area contributed by atoms with E-state index in [1.807, 2.05) is 0 Å². The van der Waals surface area contributed by atoms with E-state index < -0.39 is 6.10 Å². The van der Waals surface area contributed by atoms with Gasteiger partial charge in [0.2, 0.25) is 0 Å². The number of nitrogens with zero attached hydrogens (tertiary/aromatic N) is 1. The molecule has 3 nitrogen and oxygen atoms in total. The Bertz CT molecular complexity index is 439. The number of pyridine rings is 1. The van der Waals surface area contributed by atoms with E-state index in [4.69, 9.17) is 5.11 Å². The van der Waals surface area contributed by atoms with Crippen molar-refractivity contribution in [2.24, 2.45) is 0 Å². The molecule has 1 heterocycles. The van der Waals surface area contributed by atoms with Crippen LogP contribution in [0.1, 0.15) is 17.2 Å². The molecule has 0 aliphatic carbocycles. The molecule has 0 saturated heterocycles. The number of rotatable bonds is 3. The Morgan fingerprint density at radius 3 is 2.25 bits per heavy atom. The Morgan fingerprint density at radius 1 is 1.00 bits per heavy atom. The molecular formula is C13H13NO2. The molecule has 2 N–H and O–H groups in total. The molecular weight excluding hydrogens is 202 g/mol. The van der Waals surface area contributed by atoms with Gasteiger partial charge in [0.15, 0.2) is 0 Å². The second-order valence-electron chi connectivity index (χ2n) is 3.67. The number of aromatic hydroxyl groups is 1. The Kier molecular flexibility index (Phi) is 3.17. The van der Waals surface area contributed by atoms with Crippen molar-refractivity contribution < 1.29 is 10.2 Å². The first kappa shape index (κ1) is 10.6. The molecule has 0 spiro atoms. The lowest BCUT2D eigenvalue weighted by Gasteiger charge is -2.10. The van der Waals surface area contributed by atoms with Crippen LogP contribution in [0.5, 0.6) is 5.75 Å². The minimum absolute atomic E-state index is 0.238. The molecule has 0 saturated carbocycles. The van der Waals surface area contributed by atoms with Crippen LogP contribution >= 0.6 is 0 Å². The van der Waals surface area contributed by atoms with Crippen LogP contribution < -0.4 is 0 Å². The van der Waals surface area contributed by atoms with E-state index in [1.165, 1.54) is 0 Å². The molecule has 3 heteroatoms. The lowest BCUT2D eigenvalue weighted by Crippen LogP contribution is -2.01. The van der Waals surface area contributed by atoms with E-state index in [1.54, 1.807) is 48.8 Å². The van der Waals surface area contributed by atoms with Gasteiger partial charge in [-0.3, -0.25) is 4.98 Å². The van der Waals surface area contributed by atoms with Crippen molar-refractivity contribution in [1.82, 2.24) is 4.98 Å². The van der Waals surface area contributed by atoms with Crippen molar-refractivity contribution in [3.8, 4) is 5.75 Å². The highest BCUT2D eigenvalue weighted by Crippen LogP contribution is 2.18. The van der Waals surface area contributed by atoms with Crippen LogP contribution in [0, 0.1) is 0 Å². The molecule has 2 aromatic rings. The number of benzene rings is 1. The van der Waals surface area contributed by atoms with Crippen molar-refractivity contribution >= 4 is 0 Å². The summed E-state index contributed by atoms with van der Waals surface area (Å²) in [6.07, 6.45) is 3.32. The predicted octanol–water partition coefficient (Wildman–Crippen LogP) is 2.06. The molecule has 0 aliphatic rings. The minimum Gasteiger partial charge on any atom is -0.508 e. The van der Waals surface area contributed by atoms with Crippen LogP contribution in [0.3, 0.4) is 0 Å². The van der Waals surface area contributed by atoms with Crippen LogP contribution in [-0.4, -0.2) is 15.2 Å². The maximum atomic E-state index is 9.95. The van der Waals surface area contributed by atoms with E-state index >= 15 is 0 Å². The number of hydrogen-bond acceptors (Lipinski definition) is 3. The Morgan fingerprint density at radius 2 is 1.62 bits per heavy atom. The Labute approximate surface area is 94.0 Å². The molecule has 1 aromatic carbocycles. The summed E-state index contributed by atoms with van der Waals surface area (Å²) in [5.41, 5.74) is 1.84. The Balaban J connectivity index is 2.08. The number of aromatic nitrogens is 1. The smallest absolute Gasteiger partial charge is 0.115 e. The quantitative estimate of drug-likeness (QED) is 0.824. The molecule has 82 valence electrons.